The third-order valence-corrected chi connectivity index (χ3v) is 4.75. The van der Waals surface area contributed by atoms with Crippen LogP contribution in [-0.4, -0.2) is 26.6 Å². The largest absolute Gasteiger partial charge is 0.477 e. The Labute approximate surface area is 119 Å². The Bertz CT molecular complexity index is 530. The Balaban J connectivity index is 1.93. The highest BCUT2D eigenvalue weighted by Crippen LogP contribution is 2.29. The minimum absolute atomic E-state index is 0.0117. The van der Waals surface area contributed by atoms with Crippen LogP contribution in [-0.2, 0) is 10.0 Å². The number of ether oxygens (including phenoxy) is 1. The second kappa shape index (κ2) is 6.51. The van der Waals surface area contributed by atoms with E-state index in [0.717, 1.165) is 12.8 Å². The van der Waals surface area contributed by atoms with Gasteiger partial charge in [-0.05, 0) is 37.3 Å². The molecule has 0 amide bonds. The van der Waals surface area contributed by atoms with Crippen molar-refractivity contribution in [3.8, 4) is 5.88 Å². The van der Waals surface area contributed by atoms with Crippen LogP contribution < -0.4 is 15.6 Å². The Morgan fingerprint density at radius 1 is 1.25 bits per heavy atom. The Morgan fingerprint density at radius 3 is 2.50 bits per heavy atom. The minimum atomic E-state index is -3.70. The van der Waals surface area contributed by atoms with Crippen LogP contribution in [0.1, 0.15) is 25.7 Å². The van der Waals surface area contributed by atoms with E-state index in [4.69, 9.17) is 15.6 Å². The first-order valence-electron chi connectivity index (χ1n) is 6.82. The molecule has 112 valence electrons. The fraction of sp³-hybridized carbons (Fsp3) is 0.615. The summed E-state index contributed by atoms with van der Waals surface area (Å²) in [7, 11) is -3.70. The monoisotopic (exact) mass is 299 g/mol. The lowest BCUT2D eigenvalue weighted by atomic mass is 9.80. The van der Waals surface area contributed by atoms with Gasteiger partial charge < -0.3 is 10.5 Å². The zero-order chi connectivity index (χ0) is 14.6. The number of hydrogen-bond donors (Lipinski definition) is 2. The van der Waals surface area contributed by atoms with E-state index in [1.165, 1.54) is 31.2 Å². The summed E-state index contributed by atoms with van der Waals surface area (Å²) >= 11 is 0. The highest BCUT2D eigenvalue weighted by atomic mass is 32.2. The SMILES string of the molecule is NCC1CCCCC1COc1ccc(S(N)(=O)=O)cn1. The van der Waals surface area contributed by atoms with Crippen LogP contribution in [0.2, 0.25) is 0 Å². The third-order valence-electron chi connectivity index (χ3n) is 3.85. The standard InChI is InChI=1S/C13H21N3O3S/c14-7-10-3-1-2-4-11(10)9-19-13-6-5-12(8-16-13)20(15,17)18/h5-6,8,10-11H,1-4,7,9,14H2,(H2,15,17,18). The molecule has 4 N–H and O–H groups in total. The van der Waals surface area contributed by atoms with Crippen LogP contribution in [0.25, 0.3) is 0 Å². The summed E-state index contributed by atoms with van der Waals surface area (Å²) in [6.07, 6.45) is 5.94. The van der Waals surface area contributed by atoms with Crippen LogP contribution >= 0.6 is 0 Å². The van der Waals surface area contributed by atoms with E-state index >= 15 is 0 Å². The van der Waals surface area contributed by atoms with E-state index in [-0.39, 0.29) is 4.90 Å². The Kier molecular flexibility index (Phi) is 4.95. The third kappa shape index (κ3) is 3.91. The number of nitrogens with two attached hydrogens (primary N) is 2. The number of sulfonamides is 1. The van der Waals surface area contributed by atoms with Crippen molar-refractivity contribution in [2.45, 2.75) is 30.6 Å². The van der Waals surface area contributed by atoms with Crippen LogP contribution in [0.4, 0.5) is 0 Å². The Hall–Kier alpha value is -1.18. The molecule has 1 aliphatic carbocycles. The van der Waals surface area contributed by atoms with Crippen LogP contribution in [0.15, 0.2) is 23.2 Å². The fourth-order valence-electron chi connectivity index (χ4n) is 2.63. The number of rotatable bonds is 5. The molecule has 7 heteroatoms. The maximum Gasteiger partial charge on any atom is 0.239 e. The van der Waals surface area contributed by atoms with Gasteiger partial charge in [0.2, 0.25) is 15.9 Å². The summed E-state index contributed by atoms with van der Waals surface area (Å²) < 4.78 is 27.9. The molecule has 0 aliphatic heterocycles. The average molecular weight is 299 g/mol. The first-order valence-corrected chi connectivity index (χ1v) is 8.37. The molecule has 1 saturated carbocycles. The summed E-state index contributed by atoms with van der Waals surface area (Å²) in [5, 5.41) is 5.01. The summed E-state index contributed by atoms with van der Waals surface area (Å²) in [5.41, 5.74) is 5.78. The van der Waals surface area contributed by atoms with Crippen molar-refractivity contribution in [1.82, 2.24) is 4.98 Å². The van der Waals surface area contributed by atoms with Gasteiger partial charge in [0.25, 0.3) is 0 Å². The lowest BCUT2D eigenvalue weighted by Crippen LogP contribution is -2.30. The number of pyridine rings is 1. The first kappa shape index (κ1) is 15.2. The molecular formula is C13H21N3O3S. The molecule has 2 rings (SSSR count). The number of primary sulfonamides is 1. The van der Waals surface area contributed by atoms with Crippen LogP contribution in [0.3, 0.4) is 0 Å². The van der Waals surface area contributed by atoms with Crippen LogP contribution in [0.5, 0.6) is 5.88 Å². The molecular weight excluding hydrogens is 278 g/mol. The zero-order valence-electron chi connectivity index (χ0n) is 11.4. The predicted molar refractivity (Wildman–Crippen MR) is 75.6 cm³/mol. The van der Waals surface area contributed by atoms with Gasteiger partial charge in [0.05, 0.1) is 12.8 Å². The van der Waals surface area contributed by atoms with E-state index in [1.807, 2.05) is 0 Å². The predicted octanol–water partition coefficient (Wildman–Crippen LogP) is 0.873. The van der Waals surface area contributed by atoms with E-state index in [2.05, 4.69) is 4.98 Å². The molecule has 0 spiro atoms. The second-order valence-electron chi connectivity index (χ2n) is 5.23. The van der Waals surface area contributed by atoms with Crippen molar-refractivity contribution in [2.75, 3.05) is 13.2 Å². The molecule has 2 atom stereocenters. The first-order chi connectivity index (χ1) is 9.50. The van der Waals surface area contributed by atoms with Gasteiger partial charge in [-0.15, -0.1) is 0 Å². The molecule has 0 radical (unpaired) electrons. The van der Waals surface area contributed by atoms with E-state index in [1.54, 1.807) is 0 Å². The molecule has 1 aromatic heterocycles. The number of hydrogen-bond acceptors (Lipinski definition) is 5. The summed E-state index contributed by atoms with van der Waals surface area (Å²) in [6.45, 7) is 1.26. The van der Waals surface area contributed by atoms with E-state index < -0.39 is 10.0 Å². The van der Waals surface area contributed by atoms with Gasteiger partial charge in [0.15, 0.2) is 0 Å². The van der Waals surface area contributed by atoms with E-state index in [9.17, 15) is 8.42 Å². The summed E-state index contributed by atoms with van der Waals surface area (Å²) in [4.78, 5) is 3.96. The molecule has 2 unspecified atom stereocenters. The molecule has 6 nitrogen and oxygen atoms in total. The molecule has 1 fully saturated rings. The number of nitrogens with zero attached hydrogens (tertiary/aromatic N) is 1. The molecule has 0 bridgehead atoms. The highest BCUT2D eigenvalue weighted by molar-refractivity contribution is 7.89. The van der Waals surface area contributed by atoms with E-state index in [0.29, 0.717) is 30.9 Å². The highest BCUT2D eigenvalue weighted by Gasteiger charge is 2.24. The molecule has 1 aliphatic rings. The average Bonchev–Trinajstić information content (AvgIpc) is 2.45. The molecule has 1 aromatic rings. The van der Waals surface area contributed by atoms with Crippen LogP contribution in [0, 0.1) is 11.8 Å². The maximum absolute atomic E-state index is 11.1. The maximum atomic E-state index is 11.1. The second-order valence-corrected chi connectivity index (χ2v) is 6.79. The smallest absolute Gasteiger partial charge is 0.239 e. The normalized spacial score (nSPS) is 23.5. The van der Waals surface area contributed by atoms with Crippen molar-refractivity contribution in [3.63, 3.8) is 0 Å². The van der Waals surface area contributed by atoms with Gasteiger partial charge in [-0.2, -0.15) is 0 Å². The zero-order valence-corrected chi connectivity index (χ0v) is 12.2. The summed E-state index contributed by atoms with van der Waals surface area (Å²) in [6, 6.07) is 2.93. The lowest BCUT2D eigenvalue weighted by molar-refractivity contribution is 0.149. The minimum Gasteiger partial charge on any atom is -0.477 e. The molecule has 20 heavy (non-hydrogen) atoms. The van der Waals surface area contributed by atoms with Gasteiger partial charge in [-0.25, -0.2) is 18.5 Å². The fourth-order valence-corrected chi connectivity index (χ4v) is 3.08. The Morgan fingerprint density at radius 2 is 1.95 bits per heavy atom. The molecule has 1 heterocycles. The van der Waals surface area contributed by atoms with Gasteiger partial charge >= 0.3 is 0 Å². The topological polar surface area (TPSA) is 108 Å². The van der Waals surface area contributed by atoms with Crippen molar-refractivity contribution in [2.24, 2.45) is 22.7 Å². The molecule has 0 saturated heterocycles. The van der Waals surface area contributed by atoms with Gasteiger partial charge in [0.1, 0.15) is 4.90 Å². The van der Waals surface area contributed by atoms with Gasteiger partial charge in [-0.3, -0.25) is 0 Å². The quantitative estimate of drug-likeness (QED) is 0.838. The van der Waals surface area contributed by atoms with Crippen molar-refractivity contribution in [3.05, 3.63) is 18.3 Å². The lowest BCUT2D eigenvalue weighted by Gasteiger charge is -2.30. The molecule has 0 aromatic carbocycles. The van der Waals surface area contributed by atoms with Crippen molar-refractivity contribution in [1.29, 1.82) is 0 Å². The van der Waals surface area contributed by atoms with Crippen molar-refractivity contribution >= 4 is 10.0 Å². The number of aromatic nitrogens is 1. The van der Waals surface area contributed by atoms with Crippen molar-refractivity contribution < 1.29 is 13.2 Å². The summed E-state index contributed by atoms with van der Waals surface area (Å²) in [5.74, 6) is 1.37. The van der Waals surface area contributed by atoms with Gasteiger partial charge in [0, 0.05) is 6.07 Å². The van der Waals surface area contributed by atoms with Gasteiger partial charge in [-0.1, -0.05) is 12.8 Å².